The molecule has 12 heteroatoms. The maximum absolute atomic E-state index is 14.8. The number of nitriles is 1. The first-order chi connectivity index (χ1) is 18.7. The summed E-state index contributed by atoms with van der Waals surface area (Å²) in [5, 5.41) is 11.7. The van der Waals surface area contributed by atoms with E-state index in [1.54, 1.807) is 0 Å². The fourth-order valence-corrected chi connectivity index (χ4v) is 3.92. The molecule has 4 aromatic rings. The lowest BCUT2D eigenvalue weighted by Gasteiger charge is -2.14. The van der Waals surface area contributed by atoms with E-state index in [4.69, 9.17) is 10.5 Å². The van der Waals surface area contributed by atoms with Gasteiger partial charge in [0, 0.05) is 36.8 Å². The second-order valence-corrected chi connectivity index (χ2v) is 8.92. The summed E-state index contributed by atoms with van der Waals surface area (Å²) >= 11 is 0. The van der Waals surface area contributed by atoms with Gasteiger partial charge >= 0.3 is 5.69 Å². The number of hydrogen-bond acceptors (Lipinski definition) is 7. The third-order valence-electron chi connectivity index (χ3n) is 6.10. The minimum atomic E-state index is -0.907. The highest BCUT2D eigenvalue weighted by atomic mass is 19.1. The number of nitrogens with two attached hydrogens (primary N) is 1. The number of benzene rings is 2. The Labute approximate surface area is 219 Å². The number of ether oxygens (including phenoxy) is 1. The molecule has 0 unspecified atom stereocenters. The Morgan fingerprint density at radius 1 is 1.13 bits per heavy atom. The van der Waals surface area contributed by atoms with E-state index < -0.39 is 28.8 Å². The molecule has 10 nitrogen and oxygen atoms in total. The Bertz CT molecular complexity index is 1750. The third kappa shape index (κ3) is 5.24. The van der Waals surface area contributed by atoms with Crippen LogP contribution in [0.5, 0.6) is 11.5 Å². The quantitative estimate of drug-likeness (QED) is 0.371. The number of aromatic nitrogens is 3. The first-order valence-corrected chi connectivity index (χ1v) is 11.8. The predicted molar refractivity (Wildman–Crippen MR) is 137 cm³/mol. The molecule has 0 atom stereocenters. The van der Waals surface area contributed by atoms with Gasteiger partial charge in [-0.25, -0.2) is 23.1 Å². The van der Waals surface area contributed by atoms with E-state index in [9.17, 15) is 28.4 Å². The highest BCUT2D eigenvalue weighted by Gasteiger charge is 2.25. The van der Waals surface area contributed by atoms with E-state index in [2.05, 4.69) is 10.3 Å². The minimum Gasteiger partial charge on any atom is -0.453 e. The third-order valence-corrected chi connectivity index (χ3v) is 6.10. The van der Waals surface area contributed by atoms with Crippen LogP contribution in [0, 0.1) is 28.9 Å². The van der Waals surface area contributed by atoms with Crippen molar-refractivity contribution in [3.63, 3.8) is 0 Å². The zero-order valence-corrected chi connectivity index (χ0v) is 20.2. The van der Waals surface area contributed by atoms with Crippen LogP contribution in [0.1, 0.15) is 28.8 Å². The van der Waals surface area contributed by atoms with E-state index in [1.165, 1.54) is 47.3 Å². The van der Waals surface area contributed by atoms with Crippen LogP contribution in [0.25, 0.3) is 5.69 Å². The van der Waals surface area contributed by atoms with Gasteiger partial charge in [0.25, 0.3) is 11.5 Å². The Balaban J connectivity index is 1.45. The molecule has 0 aliphatic heterocycles. The molecule has 3 N–H and O–H groups in total. The van der Waals surface area contributed by atoms with Crippen LogP contribution in [-0.2, 0) is 6.54 Å². The van der Waals surface area contributed by atoms with Crippen LogP contribution < -0.4 is 27.0 Å². The summed E-state index contributed by atoms with van der Waals surface area (Å²) in [6.45, 7) is 0.311. The smallest absolute Gasteiger partial charge is 0.335 e. The van der Waals surface area contributed by atoms with Crippen molar-refractivity contribution in [2.45, 2.75) is 19.4 Å². The highest BCUT2D eigenvalue weighted by molar-refractivity contribution is 6.03. The summed E-state index contributed by atoms with van der Waals surface area (Å²) < 4.78 is 35.9. The highest BCUT2D eigenvalue weighted by Crippen LogP contribution is 2.31. The fraction of sp³-hybridized carbons (Fsp3) is 0.148. The summed E-state index contributed by atoms with van der Waals surface area (Å²) in [6, 6.07) is 11.5. The number of amides is 1. The molecule has 196 valence electrons. The van der Waals surface area contributed by atoms with Gasteiger partial charge in [-0.15, -0.1) is 0 Å². The van der Waals surface area contributed by atoms with Crippen molar-refractivity contribution >= 4 is 17.4 Å². The zero-order valence-electron chi connectivity index (χ0n) is 20.2. The Kier molecular flexibility index (Phi) is 6.64. The summed E-state index contributed by atoms with van der Waals surface area (Å²) in [5.41, 5.74) is 3.78. The monoisotopic (exact) mass is 530 g/mol. The number of nitrogens with one attached hydrogen (secondary N) is 1. The van der Waals surface area contributed by atoms with Gasteiger partial charge in [-0.1, -0.05) is 0 Å². The van der Waals surface area contributed by atoms with Crippen molar-refractivity contribution in [1.29, 1.82) is 5.26 Å². The molecule has 0 radical (unpaired) electrons. The van der Waals surface area contributed by atoms with Gasteiger partial charge < -0.3 is 15.8 Å². The van der Waals surface area contributed by atoms with Crippen LogP contribution in [0.15, 0.2) is 70.5 Å². The van der Waals surface area contributed by atoms with Gasteiger partial charge in [0.15, 0.2) is 17.3 Å². The van der Waals surface area contributed by atoms with Crippen molar-refractivity contribution in [2.75, 3.05) is 11.1 Å². The normalized spacial score (nSPS) is 12.5. The standard InChI is InChI=1S/C27H20F2N6O4/c28-16-3-6-18(7-4-16)35-26(37)20(14-34(27(35)38)13-15-1-2-15)25(36)33-17-5-8-23(21(29)11-17)39-22-9-10-32-24(31)19(22)12-30/h3-11,14-15H,1-2,13H2,(H2,31,32)(H,33,36). The maximum atomic E-state index is 14.8. The molecule has 5 rings (SSSR count). The van der Waals surface area contributed by atoms with Crippen LogP contribution in [0.4, 0.5) is 20.3 Å². The molecular weight excluding hydrogens is 510 g/mol. The Hall–Kier alpha value is -5.31. The zero-order chi connectivity index (χ0) is 27.7. The van der Waals surface area contributed by atoms with Crippen molar-refractivity contribution < 1.29 is 18.3 Å². The van der Waals surface area contributed by atoms with Gasteiger partial charge in [0.2, 0.25) is 0 Å². The van der Waals surface area contributed by atoms with Gasteiger partial charge in [-0.05, 0) is 55.2 Å². The first kappa shape index (κ1) is 25.3. The van der Waals surface area contributed by atoms with Crippen LogP contribution in [0.2, 0.25) is 0 Å². The average Bonchev–Trinajstić information content (AvgIpc) is 3.73. The molecule has 0 bridgehead atoms. The fourth-order valence-electron chi connectivity index (χ4n) is 3.92. The molecule has 2 aromatic carbocycles. The van der Waals surface area contributed by atoms with Crippen molar-refractivity contribution in [3.05, 3.63) is 105 Å². The number of carbonyl (C=O) groups excluding carboxylic acids is 1. The topological polar surface area (TPSA) is 145 Å². The second kappa shape index (κ2) is 10.2. The lowest BCUT2D eigenvalue weighted by Crippen LogP contribution is -2.42. The van der Waals surface area contributed by atoms with Crippen LogP contribution in [0.3, 0.4) is 0 Å². The number of nitrogen functional groups attached to an aromatic ring is 1. The molecule has 1 fully saturated rings. The Morgan fingerprint density at radius 3 is 2.54 bits per heavy atom. The molecule has 1 aliphatic rings. The van der Waals surface area contributed by atoms with Crippen LogP contribution >= 0.6 is 0 Å². The minimum absolute atomic E-state index is 0.0000469. The van der Waals surface area contributed by atoms with Crippen molar-refractivity contribution in [2.24, 2.45) is 5.92 Å². The Morgan fingerprint density at radius 2 is 1.87 bits per heavy atom. The van der Waals surface area contributed by atoms with Gasteiger partial charge in [-0.3, -0.25) is 14.2 Å². The van der Waals surface area contributed by atoms with Crippen molar-refractivity contribution in [3.8, 4) is 23.3 Å². The maximum Gasteiger partial charge on any atom is 0.335 e. The SMILES string of the molecule is N#Cc1c(Oc2ccc(NC(=O)c3cn(CC4CC4)c(=O)n(-c4ccc(F)cc4)c3=O)cc2F)ccnc1N. The molecule has 1 amide bonds. The number of pyridine rings is 1. The summed E-state index contributed by atoms with van der Waals surface area (Å²) in [7, 11) is 0. The summed E-state index contributed by atoms with van der Waals surface area (Å²) in [5.74, 6) is -2.36. The molecule has 39 heavy (non-hydrogen) atoms. The van der Waals surface area contributed by atoms with E-state index >= 15 is 0 Å². The number of halogens is 2. The van der Waals surface area contributed by atoms with Gasteiger partial charge in [0.05, 0.1) is 5.69 Å². The van der Waals surface area contributed by atoms with E-state index in [0.717, 1.165) is 35.6 Å². The largest absolute Gasteiger partial charge is 0.453 e. The van der Waals surface area contributed by atoms with E-state index in [-0.39, 0.29) is 45.7 Å². The predicted octanol–water partition coefficient (Wildman–Crippen LogP) is 3.58. The first-order valence-electron chi connectivity index (χ1n) is 11.8. The lowest BCUT2D eigenvalue weighted by molar-refractivity contribution is 0.102. The van der Waals surface area contributed by atoms with E-state index in [0.29, 0.717) is 6.54 Å². The molecule has 1 saturated carbocycles. The van der Waals surface area contributed by atoms with Crippen molar-refractivity contribution in [1.82, 2.24) is 14.1 Å². The van der Waals surface area contributed by atoms with Gasteiger partial charge in [0.1, 0.15) is 28.8 Å². The lowest BCUT2D eigenvalue weighted by atomic mass is 10.2. The number of rotatable bonds is 7. The molecule has 2 heterocycles. The molecular formula is C27H20F2N6O4. The van der Waals surface area contributed by atoms with E-state index in [1.807, 2.05) is 6.07 Å². The summed E-state index contributed by atoms with van der Waals surface area (Å²) in [6.07, 6.45) is 4.32. The number of nitrogens with zero attached hydrogens (tertiary/aromatic N) is 4. The second-order valence-electron chi connectivity index (χ2n) is 8.92. The van der Waals surface area contributed by atoms with Crippen LogP contribution in [-0.4, -0.2) is 20.0 Å². The summed E-state index contributed by atoms with van der Waals surface area (Å²) in [4.78, 5) is 43.2. The average molecular weight is 530 g/mol. The molecule has 1 aliphatic carbocycles. The number of carbonyl (C=O) groups is 1. The molecule has 0 spiro atoms. The number of hydrogen-bond donors (Lipinski definition) is 2. The number of anilines is 2. The molecule has 2 aromatic heterocycles. The molecule has 0 saturated heterocycles. The van der Waals surface area contributed by atoms with Gasteiger partial charge in [-0.2, -0.15) is 5.26 Å².